The predicted octanol–water partition coefficient (Wildman–Crippen LogP) is -0.238. The van der Waals surface area contributed by atoms with Crippen LogP contribution in [0.25, 0.3) is 5.76 Å². The van der Waals surface area contributed by atoms with E-state index in [9.17, 15) is 31.1 Å². The minimum atomic E-state index is -4.42. The Morgan fingerprint density at radius 3 is 2.49 bits per heavy atom. The number of nitrogens with one attached hydrogen (secondary N) is 2. The summed E-state index contributed by atoms with van der Waals surface area (Å²) in [7, 11) is -8.09. The number of carbonyl (C=O) groups excluding carboxylic acids is 1. The first kappa shape index (κ1) is 29.3. The molecule has 0 bridgehead atoms. The van der Waals surface area contributed by atoms with Gasteiger partial charge >= 0.3 is 29.6 Å². The van der Waals surface area contributed by atoms with Gasteiger partial charge < -0.3 is 10.4 Å². The van der Waals surface area contributed by atoms with Crippen molar-refractivity contribution in [3.63, 3.8) is 0 Å². The largest absolute Gasteiger partial charge is 1.00 e. The van der Waals surface area contributed by atoms with E-state index in [2.05, 4.69) is 14.4 Å². The van der Waals surface area contributed by atoms with Crippen molar-refractivity contribution in [2.75, 3.05) is 16.3 Å². The molecule has 1 aliphatic carbocycles. The van der Waals surface area contributed by atoms with Gasteiger partial charge in [0.05, 0.1) is 22.9 Å². The fourth-order valence-electron chi connectivity index (χ4n) is 4.41. The predicted molar refractivity (Wildman–Crippen MR) is 133 cm³/mol. The zero-order valence-corrected chi connectivity index (χ0v) is 24.7. The van der Waals surface area contributed by atoms with E-state index in [-0.39, 0.29) is 57.3 Å². The van der Waals surface area contributed by atoms with Gasteiger partial charge in [0.1, 0.15) is 10.7 Å². The van der Waals surface area contributed by atoms with E-state index in [1.54, 1.807) is 6.92 Å². The third-order valence-corrected chi connectivity index (χ3v) is 8.18. The number of halogens is 1. The van der Waals surface area contributed by atoms with Crippen molar-refractivity contribution in [2.45, 2.75) is 43.9 Å². The van der Waals surface area contributed by atoms with E-state index in [1.807, 2.05) is 13.8 Å². The molecule has 1 heterocycles. The van der Waals surface area contributed by atoms with Crippen molar-refractivity contribution in [3.8, 4) is 0 Å². The number of hydrogen-bond acceptors (Lipinski definition) is 7. The molecule has 0 amide bonds. The van der Waals surface area contributed by atoms with Crippen LogP contribution in [0.2, 0.25) is 0 Å². The van der Waals surface area contributed by atoms with Crippen molar-refractivity contribution in [3.05, 3.63) is 58.9 Å². The van der Waals surface area contributed by atoms with Gasteiger partial charge in [-0.2, -0.15) is 8.42 Å². The standard InChI is InChI=1S/C24H26FN3O6S2.Na/c1-13(2)9-10-24(3)17-7-5-14(25)11-16(17)21(29)20(22(24)30)23-26-18-8-6-15(27-35(4,31)32)12-19(18)36(33,34)28-23;/h5-8,11-13,27,29H,9-10H2,1-4H3,(H,26,28);/q;+1/p-1/t24-;/m1./s1. The molecular weight excluding hydrogens is 532 g/mol. The average Bonchev–Trinajstić information content (AvgIpc) is 2.75. The second-order valence-electron chi connectivity index (χ2n) is 9.61. The Morgan fingerprint density at radius 2 is 1.86 bits per heavy atom. The molecule has 37 heavy (non-hydrogen) atoms. The van der Waals surface area contributed by atoms with Crippen LogP contribution < -0.4 is 44.7 Å². The molecule has 0 spiro atoms. The number of carbonyl (C=O) groups is 1. The molecule has 2 aromatic carbocycles. The second kappa shape index (κ2) is 10.1. The minimum Gasteiger partial charge on any atom is -0.871 e. The summed E-state index contributed by atoms with van der Waals surface area (Å²) in [6.07, 6.45) is 1.91. The van der Waals surface area contributed by atoms with Crippen molar-refractivity contribution in [1.29, 1.82) is 0 Å². The van der Waals surface area contributed by atoms with E-state index < -0.39 is 54.2 Å². The Balaban J connectivity index is 0.00000380. The molecule has 9 nitrogen and oxygen atoms in total. The fraction of sp³-hybridized carbons (Fsp3) is 0.333. The summed E-state index contributed by atoms with van der Waals surface area (Å²) in [5.41, 5.74) is -1.28. The number of sulfonamides is 2. The number of hydrogen-bond donors (Lipinski definition) is 2. The monoisotopic (exact) mass is 557 g/mol. The number of ketones is 1. The first-order valence-electron chi connectivity index (χ1n) is 11.1. The van der Waals surface area contributed by atoms with Gasteiger partial charge in [-0.15, -0.1) is 4.40 Å². The van der Waals surface area contributed by atoms with E-state index in [4.69, 9.17) is 0 Å². The van der Waals surface area contributed by atoms with E-state index in [1.165, 1.54) is 24.3 Å². The van der Waals surface area contributed by atoms with E-state index in [0.717, 1.165) is 18.4 Å². The molecule has 0 unspecified atom stereocenters. The molecule has 13 heteroatoms. The minimum absolute atomic E-state index is 0. The molecular formula is C24H25FN3NaO6S2. The van der Waals surface area contributed by atoms with Crippen molar-refractivity contribution in [2.24, 2.45) is 10.3 Å². The molecule has 1 aliphatic heterocycles. The Bertz CT molecular complexity index is 1570. The Labute approximate surface area is 237 Å². The third kappa shape index (κ3) is 5.63. The van der Waals surface area contributed by atoms with Gasteiger partial charge in [-0.1, -0.05) is 25.7 Å². The molecule has 2 aliphatic rings. The summed E-state index contributed by atoms with van der Waals surface area (Å²) in [5, 5.41) is 16.2. The summed E-state index contributed by atoms with van der Waals surface area (Å²) in [4.78, 5) is 13.5. The molecule has 2 N–H and O–H groups in total. The van der Waals surface area contributed by atoms with Gasteiger partial charge in [-0.05, 0) is 67.1 Å². The molecule has 2 aromatic rings. The van der Waals surface area contributed by atoms with Crippen LogP contribution in [0.4, 0.5) is 15.8 Å². The van der Waals surface area contributed by atoms with Crippen molar-refractivity contribution in [1.82, 2.24) is 0 Å². The molecule has 4 rings (SSSR count). The maximum Gasteiger partial charge on any atom is 1.00 e. The van der Waals surface area contributed by atoms with Crippen LogP contribution in [-0.4, -0.2) is 34.7 Å². The molecule has 0 saturated carbocycles. The summed E-state index contributed by atoms with van der Waals surface area (Å²) in [6, 6.07) is 7.39. The Morgan fingerprint density at radius 1 is 1.19 bits per heavy atom. The van der Waals surface area contributed by atoms with Crippen LogP contribution in [0, 0.1) is 11.7 Å². The van der Waals surface area contributed by atoms with Crippen LogP contribution in [0.1, 0.15) is 44.7 Å². The zero-order valence-electron chi connectivity index (χ0n) is 21.0. The number of fused-ring (bicyclic) bond motifs is 2. The maximum atomic E-state index is 14.1. The van der Waals surface area contributed by atoms with E-state index in [0.29, 0.717) is 18.4 Å². The molecule has 0 radical (unpaired) electrons. The average molecular weight is 558 g/mol. The fourth-order valence-corrected chi connectivity index (χ4v) is 6.11. The smallest absolute Gasteiger partial charge is 0.871 e. The van der Waals surface area contributed by atoms with Gasteiger partial charge in [0.2, 0.25) is 10.0 Å². The molecule has 192 valence electrons. The topological polar surface area (TPSA) is 145 Å². The first-order valence-corrected chi connectivity index (χ1v) is 14.5. The second-order valence-corrected chi connectivity index (χ2v) is 12.9. The van der Waals surface area contributed by atoms with Crippen molar-refractivity contribution < 1.29 is 60.7 Å². The normalized spacial score (nSPS) is 20.4. The van der Waals surface area contributed by atoms with E-state index >= 15 is 0 Å². The number of Topliss-reactive ketones (excluding diaryl/α,β-unsaturated/α-hetero) is 1. The van der Waals surface area contributed by atoms with Gasteiger partial charge in [0, 0.05) is 5.69 Å². The number of nitrogens with zero attached hydrogens (tertiary/aromatic N) is 1. The number of benzene rings is 2. The molecule has 1 atom stereocenters. The molecule has 0 fully saturated rings. The Hall–Kier alpha value is -2.25. The van der Waals surface area contributed by atoms with Crippen LogP contribution in [0.15, 0.2) is 51.3 Å². The zero-order chi connectivity index (χ0) is 26.6. The number of anilines is 2. The van der Waals surface area contributed by atoms with Crippen LogP contribution in [0.5, 0.6) is 0 Å². The summed E-state index contributed by atoms with van der Waals surface area (Å²) >= 11 is 0. The summed E-state index contributed by atoms with van der Waals surface area (Å²) in [6.45, 7) is 5.64. The molecule has 0 aromatic heterocycles. The molecule has 0 saturated heterocycles. The van der Waals surface area contributed by atoms with Gasteiger partial charge in [-0.25, -0.2) is 12.8 Å². The first-order chi connectivity index (χ1) is 16.6. The Kier molecular flexibility index (Phi) is 8.03. The van der Waals surface area contributed by atoms with Gasteiger partial charge in [-0.3, -0.25) is 9.52 Å². The SMILES string of the molecule is CC(C)CC[C@@]1(C)C(=O)C(C2=NS(=O)(=O)c3cc(NS(C)(=O)=O)ccc3N2)=C([O-])c2cc(F)ccc21.[Na+]. The van der Waals surface area contributed by atoms with Crippen LogP contribution in [-0.2, 0) is 30.3 Å². The number of amidine groups is 1. The van der Waals surface area contributed by atoms with Crippen molar-refractivity contribution >= 4 is 48.8 Å². The summed E-state index contributed by atoms with van der Waals surface area (Å²) < 4.78 is 69.2. The van der Waals surface area contributed by atoms with Crippen LogP contribution in [0.3, 0.4) is 0 Å². The summed E-state index contributed by atoms with van der Waals surface area (Å²) in [5.74, 6) is -2.30. The third-order valence-electron chi connectivity index (χ3n) is 6.26. The number of rotatable bonds is 6. The maximum absolute atomic E-state index is 14.1. The van der Waals surface area contributed by atoms with Gasteiger partial charge in [0.25, 0.3) is 10.0 Å². The van der Waals surface area contributed by atoms with Gasteiger partial charge in [0.15, 0.2) is 11.6 Å². The quantitative estimate of drug-likeness (QED) is 0.467. The van der Waals surface area contributed by atoms with Crippen LogP contribution >= 0.6 is 0 Å².